The van der Waals surface area contributed by atoms with E-state index in [1.54, 1.807) is 13.0 Å². The Labute approximate surface area is 228 Å². The molecule has 8 nitrogen and oxygen atoms in total. The SMILES string of the molecule is CCNC(=O)[C@H](Cc1ccccc1)N(Cc1ccc(F)cc1)C(=O)CN(c1cccc(C(C)=O)c1)S(C)(=O)=O. The standard InChI is InChI=1S/C29H32FN3O5S/c1-4-31-29(36)27(17-22-9-6-5-7-10-22)32(19-23-13-15-25(30)16-14-23)28(35)20-33(39(3,37)38)26-12-8-11-24(18-26)21(2)34/h5-16,18,27H,4,17,19-20H2,1-3H3,(H,31,36)/t27-/m0/s1. The van der Waals surface area contributed by atoms with Gasteiger partial charge in [0.25, 0.3) is 0 Å². The predicted molar refractivity (Wildman–Crippen MR) is 148 cm³/mol. The van der Waals surface area contributed by atoms with E-state index in [9.17, 15) is 27.2 Å². The minimum atomic E-state index is -3.96. The Morgan fingerprint density at radius 3 is 2.18 bits per heavy atom. The molecule has 0 radical (unpaired) electrons. The predicted octanol–water partition coefficient (Wildman–Crippen LogP) is 3.57. The van der Waals surface area contributed by atoms with Crippen molar-refractivity contribution in [1.29, 1.82) is 0 Å². The number of ketones is 1. The van der Waals surface area contributed by atoms with Crippen molar-refractivity contribution in [2.24, 2.45) is 0 Å². The summed E-state index contributed by atoms with van der Waals surface area (Å²) < 4.78 is 40.1. The van der Waals surface area contributed by atoms with E-state index in [0.29, 0.717) is 17.7 Å². The van der Waals surface area contributed by atoms with E-state index in [-0.39, 0.29) is 24.4 Å². The zero-order valence-corrected chi connectivity index (χ0v) is 22.9. The van der Waals surface area contributed by atoms with Gasteiger partial charge in [0, 0.05) is 25.1 Å². The number of benzene rings is 3. The summed E-state index contributed by atoms with van der Waals surface area (Å²) in [6, 6.07) is 19.7. The lowest BCUT2D eigenvalue weighted by Crippen LogP contribution is -2.53. The lowest BCUT2D eigenvalue weighted by molar-refractivity contribution is -0.140. The van der Waals surface area contributed by atoms with Crippen LogP contribution in [0, 0.1) is 5.82 Å². The van der Waals surface area contributed by atoms with Crippen molar-refractivity contribution in [2.45, 2.75) is 32.9 Å². The quantitative estimate of drug-likeness (QED) is 0.346. The summed E-state index contributed by atoms with van der Waals surface area (Å²) in [4.78, 5) is 40.4. The lowest BCUT2D eigenvalue weighted by atomic mass is 10.0. The molecular formula is C29H32FN3O5S. The summed E-state index contributed by atoms with van der Waals surface area (Å²) in [5, 5.41) is 2.77. The van der Waals surface area contributed by atoms with E-state index in [0.717, 1.165) is 16.1 Å². The molecule has 39 heavy (non-hydrogen) atoms. The second-order valence-corrected chi connectivity index (χ2v) is 11.0. The Bertz CT molecular complexity index is 1410. The Balaban J connectivity index is 2.05. The van der Waals surface area contributed by atoms with Crippen LogP contribution in [0.5, 0.6) is 0 Å². The van der Waals surface area contributed by atoms with Crippen molar-refractivity contribution in [1.82, 2.24) is 10.2 Å². The van der Waals surface area contributed by atoms with Crippen LogP contribution in [0.3, 0.4) is 0 Å². The molecule has 0 saturated heterocycles. The number of anilines is 1. The van der Waals surface area contributed by atoms with Gasteiger partial charge >= 0.3 is 0 Å². The van der Waals surface area contributed by atoms with Crippen molar-refractivity contribution < 1.29 is 27.2 Å². The number of nitrogens with zero attached hydrogens (tertiary/aromatic N) is 2. The number of hydrogen-bond donors (Lipinski definition) is 1. The summed E-state index contributed by atoms with van der Waals surface area (Å²) in [6.45, 7) is 2.79. The van der Waals surface area contributed by atoms with Crippen LogP contribution in [-0.4, -0.2) is 56.3 Å². The zero-order chi connectivity index (χ0) is 28.6. The van der Waals surface area contributed by atoms with Gasteiger partial charge in [0.15, 0.2) is 5.78 Å². The van der Waals surface area contributed by atoms with Crippen LogP contribution in [0.25, 0.3) is 0 Å². The molecule has 1 atom stereocenters. The Hall–Kier alpha value is -4.05. The molecule has 0 heterocycles. The first-order valence-corrected chi connectivity index (χ1v) is 14.3. The number of carbonyl (C=O) groups excluding carboxylic acids is 3. The molecule has 3 aromatic rings. The van der Waals surface area contributed by atoms with Crippen LogP contribution in [0.1, 0.15) is 35.3 Å². The van der Waals surface area contributed by atoms with Crippen LogP contribution < -0.4 is 9.62 Å². The molecule has 0 unspecified atom stereocenters. The van der Waals surface area contributed by atoms with E-state index in [2.05, 4.69) is 5.32 Å². The maximum Gasteiger partial charge on any atom is 0.244 e. The Morgan fingerprint density at radius 1 is 0.923 bits per heavy atom. The number of Topliss-reactive ketones (excluding diaryl/α,β-unsaturated/α-hetero) is 1. The fraction of sp³-hybridized carbons (Fsp3) is 0.276. The molecule has 2 amide bonds. The lowest BCUT2D eigenvalue weighted by Gasteiger charge is -2.33. The summed E-state index contributed by atoms with van der Waals surface area (Å²) in [5.41, 5.74) is 1.82. The molecule has 1 N–H and O–H groups in total. The fourth-order valence-corrected chi connectivity index (χ4v) is 4.97. The highest BCUT2D eigenvalue weighted by atomic mass is 32.2. The largest absolute Gasteiger partial charge is 0.355 e. The monoisotopic (exact) mass is 553 g/mol. The summed E-state index contributed by atoms with van der Waals surface area (Å²) in [5.74, 6) is -1.74. The Kier molecular flexibility index (Phi) is 9.95. The highest BCUT2D eigenvalue weighted by molar-refractivity contribution is 7.92. The second-order valence-electron chi connectivity index (χ2n) is 9.12. The van der Waals surface area contributed by atoms with Gasteiger partial charge in [0.1, 0.15) is 18.4 Å². The highest BCUT2D eigenvalue weighted by Crippen LogP contribution is 2.22. The molecule has 206 valence electrons. The number of amides is 2. The average Bonchev–Trinajstić information content (AvgIpc) is 2.90. The number of nitrogens with one attached hydrogen (secondary N) is 1. The molecular weight excluding hydrogens is 521 g/mol. The van der Waals surface area contributed by atoms with Crippen LogP contribution in [-0.2, 0) is 32.6 Å². The van der Waals surface area contributed by atoms with E-state index in [1.807, 2.05) is 30.3 Å². The summed E-state index contributed by atoms with van der Waals surface area (Å²) in [6.07, 6.45) is 1.15. The van der Waals surface area contributed by atoms with E-state index in [1.165, 1.54) is 54.3 Å². The van der Waals surface area contributed by atoms with Gasteiger partial charge in [0.2, 0.25) is 21.8 Å². The number of hydrogen-bond acceptors (Lipinski definition) is 5. The van der Waals surface area contributed by atoms with Gasteiger partial charge in [-0.1, -0.05) is 54.6 Å². The van der Waals surface area contributed by atoms with Crippen molar-refractivity contribution >= 4 is 33.3 Å². The third kappa shape index (κ3) is 8.22. The van der Waals surface area contributed by atoms with Gasteiger partial charge < -0.3 is 10.2 Å². The smallest absolute Gasteiger partial charge is 0.244 e. The maximum absolute atomic E-state index is 13.9. The van der Waals surface area contributed by atoms with Crippen molar-refractivity contribution in [3.63, 3.8) is 0 Å². The van der Waals surface area contributed by atoms with Crippen molar-refractivity contribution in [3.8, 4) is 0 Å². The van der Waals surface area contributed by atoms with Crippen molar-refractivity contribution in [3.05, 3.63) is 101 Å². The van der Waals surface area contributed by atoms with Crippen LogP contribution >= 0.6 is 0 Å². The van der Waals surface area contributed by atoms with Crippen LogP contribution in [0.15, 0.2) is 78.9 Å². The van der Waals surface area contributed by atoms with Gasteiger partial charge in [-0.2, -0.15) is 0 Å². The molecule has 3 rings (SSSR count). The zero-order valence-electron chi connectivity index (χ0n) is 22.1. The topological polar surface area (TPSA) is 104 Å². The molecule has 0 saturated carbocycles. The van der Waals surface area contributed by atoms with Gasteiger partial charge in [-0.25, -0.2) is 12.8 Å². The number of likely N-dealkylation sites (N-methyl/N-ethyl adjacent to an activating group) is 1. The molecule has 10 heteroatoms. The normalized spacial score (nSPS) is 11.9. The molecule has 0 aliphatic carbocycles. The fourth-order valence-electron chi connectivity index (χ4n) is 4.13. The van der Waals surface area contributed by atoms with Gasteiger partial charge in [-0.3, -0.25) is 18.7 Å². The second kappa shape index (κ2) is 13.1. The molecule has 0 fully saturated rings. The maximum atomic E-state index is 13.9. The molecule has 0 aliphatic heterocycles. The minimum absolute atomic E-state index is 0.0567. The molecule has 0 aromatic heterocycles. The minimum Gasteiger partial charge on any atom is -0.355 e. The Morgan fingerprint density at radius 2 is 1.59 bits per heavy atom. The molecule has 0 bridgehead atoms. The number of halogens is 1. The molecule has 3 aromatic carbocycles. The highest BCUT2D eigenvalue weighted by Gasteiger charge is 2.33. The van der Waals surface area contributed by atoms with Crippen LogP contribution in [0.4, 0.5) is 10.1 Å². The van der Waals surface area contributed by atoms with E-state index >= 15 is 0 Å². The third-order valence-electron chi connectivity index (χ3n) is 6.11. The third-order valence-corrected chi connectivity index (χ3v) is 7.25. The summed E-state index contributed by atoms with van der Waals surface area (Å²) in [7, 11) is -3.96. The number of carbonyl (C=O) groups is 3. The average molecular weight is 554 g/mol. The van der Waals surface area contributed by atoms with Crippen molar-refractivity contribution in [2.75, 3.05) is 23.7 Å². The van der Waals surface area contributed by atoms with E-state index in [4.69, 9.17) is 0 Å². The molecule has 0 spiro atoms. The first kappa shape index (κ1) is 29.5. The summed E-state index contributed by atoms with van der Waals surface area (Å²) >= 11 is 0. The first-order chi connectivity index (χ1) is 18.5. The number of sulfonamides is 1. The number of rotatable bonds is 12. The van der Waals surface area contributed by atoms with Crippen LogP contribution in [0.2, 0.25) is 0 Å². The van der Waals surface area contributed by atoms with Gasteiger partial charge in [0.05, 0.1) is 11.9 Å². The van der Waals surface area contributed by atoms with Gasteiger partial charge in [-0.05, 0) is 49.2 Å². The van der Waals surface area contributed by atoms with E-state index < -0.39 is 40.2 Å². The molecule has 0 aliphatic rings. The van der Waals surface area contributed by atoms with Gasteiger partial charge in [-0.15, -0.1) is 0 Å². The first-order valence-electron chi connectivity index (χ1n) is 12.4.